The number of nitrogens with zero attached hydrogens (tertiary/aromatic N) is 3. The number of alkyl halides is 3. The van der Waals surface area contributed by atoms with E-state index in [4.69, 9.17) is 0 Å². The molecule has 0 aliphatic heterocycles. The van der Waals surface area contributed by atoms with Gasteiger partial charge in [-0.25, -0.2) is 4.79 Å². The lowest BCUT2D eigenvalue weighted by molar-refractivity contribution is -0.137. The summed E-state index contributed by atoms with van der Waals surface area (Å²) in [7, 11) is 0. The van der Waals surface area contributed by atoms with E-state index in [-0.39, 0.29) is 39.3 Å². The lowest BCUT2D eigenvalue weighted by Gasteiger charge is -2.10. The molecule has 5 rings (SSSR count). The average Bonchev–Trinajstić information content (AvgIpc) is 3.22. The lowest BCUT2D eigenvalue weighted by Crippen LogP contribution is -2.05. The van der Waals surface area contributed by atoms with Crippen molar-refractivity contribution >= 4 is 28.2 Å². The van der Waals surface area contributed by atoms with E-state index < -0.39 is 23.6 Å². The van der Waals surface area contributed by atoms with Gasteiger partial charge in [-0.2, -0.15) is 13.2 Å². The molecule has 0 unspecified atom stereocenters. The summed E-state index contributed by atoms with van der Waals surface area (Å²) in [6.07, 6.45) is -3.44. The van der Waals surface area contributed by atoms with E-state index >= 15 is 0 Å². The number of aromatic carboxylic acids is 1. The summed E-state index contributed by atoms with van der Waals surface area (Å²) in [5.41, 5.74) is 1.88. The minimum absolute atomic E-state index is 0.0509. The molecular weight excluding hydrogens is 535 g/mol. The number of phenols is 1. The van der Waals surface area contributed by atoms with Crippen LogP contribution in [0.25, 0.3) is 16.6 Å². The van der Waals surface area contributed by atoms with Crippen LogP contribution in [-0.2, 0) is 19.0 Å². The van der Waals surface area contributed by atoms with Crippen molar-refractivity contribution in [2.75, 3.05) is 0 Å². The number of halogens is 3. The Balaban J connectivity index is 1.57. The Morgan fingerprint density at radius 3 is 2.29 bits per heavy atom. The number of fused-ring (bicyclic) bond motifs is 1. The smallest absolute Gasteiger partial charge is 0.416 e. The molecule has 0 saturated carbocycles. The zero-order valence-corrected chi connectivity index (χ0v) is 21.7. The Labute approximate surface area is 232 Å². The fourth-order valence-corrected chi connectivity index (χ4v) is 4.70. The summed E-state index contributed by atoms with van der Waals surface area (Å²) >= 11 is 0. The number of carboxylic acid groups (broad SMARTS) is 1. The van der Waals surface area contributed by atoms with Crippen molar-refractivity contribution in [2.24, 2.45) is 10.2 Å². The van der Waals surface area contributed by atoms with Crippen LogP contribution in [-0.4, -0.2) is 25.9 Å². The number of aromatic nitrogens is 1. The van der Waals surface area contributed by atoms with Gasteiger partial charge in [0.15, 0.2) is 5.69 Å². The molecule has 1 heterocycles. The van der Waals surface area contributed by atoms with Crippen LogP contribution in [0.4, 0.5) is 24.5 Å². The molecule has 3 N–H and O–H groups in total. The van der Waals surface area contributed by atoms with E-state index in [0.29, 0.717) is 18.4 Å². The minimum Gasteiger partial charge on any atom is -0.505 e. The number of phenolic OH excluding ortho intramolecular Hbond substituents is 1. The van der Waals surface area contributed by atoms with E-state index in [0.717, 1.165) is 27.8 Å². The van der Waals surface area contributed by atoms with E-state index in [1.807, 2.05) is 31.2 Å². The molecular formula is C31H24F3N3O4. The van der Waals surface area contributed by atoms with E-state index in [9.17, 15) is 33.3 Å². The second kappa shape index (κ2) is 10.8. The molecule has 4 aromatic carbocycles. The zero-order valence-electron chi connectivity index (χ0n) is 21.7. The van der Waals surface area contributed by atoms with Crippen molar-refractivity contribution in [1.29, 1.82) is 0 Å². The number of rotatable bonds is 7. The first-order valence-electron chi connectivity index (χ1n) is 12.6. The standard InChI is InChI=1S/C31H24F3N3O4/c1-18-6-2-3-7-19(18)12-13-20-8-5-11-25(28(20)38)35-36-27-24-15-14-22(31(32,33)34)17-26(24)37(29(27)39)23-10-4-9-21(16-23)30(40)41/h2-11,14-17,38-39H,12-13H2,1H3,(H,40,41). The summed E-state index contributed by atoms with van der Waals surface area (Å²) < 4.78 is 41.7. The van der Waals surface area contributed by atoms with Gasteiger partial charge in [0, 0.05) is 11.1 Å². The van der Waals surface area contributed by atoms with Gasteiger partial charge in [0.1, 0.15) is 11.4 Å². The fraction of sp³-hybridized carbons (Fsp3) is 0.129. The summed E-state index contributed by atoms with van der Waals surface area (Å²) in [5, 5.41) is 39.8. The molecule has 0 aliphatic rings. The summed E-state index contributed by atoms with van der Waals surface area (Å²) in [6, 6.07) is 21.3. The van der Waals surface area contributed by atoms with Crippen molar-refractivity contribution in [3.63, 3.8) is 0 Å². The number of hydrogen-bond acceptors (Lipinski definition) is 5. The van der Waals surface area contributed by atoms with Gasteiger partial charge in [-0.1, -0.05) is 42.5 Å². The third kappa shape index (κ3) is 5.49. The number of hydrogen-bond donors (Lipinski definition) is 3. The molecule has 1 aromatic heterocycles. The third-order valence-electron chi connectivity index (χ3n) is 6.88. The van der Waals surface area contributed by atoms with E-state index in [1.54, 1.807) is 12.1 Å². The van der Waals surface area contributed by atoms with Crippen LogP contribution in [0, 0.1) is 6.92 Å². The number of azo groups is 1. The summed E-state index contributed by atoms with van der Waals surface area (Å²) in [6.45, 7) is 2.01. The topological polar surface area (TPSA) is 107 Å². The van der Waals surface area contributed by atoms with Crippen LogP contribution in [0.5, 0.6) is 11.6 Å². The highest BCUT2D eigenvalue weighted by molar-refractivity contribution is 5.97. The van der Waals surface area contributed by atoms with Crippen LogP contribution >= 0.6 is 0 Å². The Bertz CT molecular complexity index is 1810. The Morgan fingerprint density at radius 1 is 0.854 bits per heavy atom. The van der Waals surface area contributed by atoms with Gasteiger partial charge >= 0.3 is 12.1 Å². The number of carbonyl (C=O) groups is 1. The van der Waals surface area contributed by atoms with Crippen LogP contribution in [0.15, 0.2) is 95.2 Å². The van der Waals surface area contributed by atoms with Crippen LogP contribution in [0.1, 0.15) is 32.6 Å². The molecule has 10 heteroatoms. The molecule has 0 bridgehead atoms. The summed E-state index contributed by atoms with van der Waals surface area (Å²) in [5.74, 6) is -1.88. The first kappa shape index (κ1) is 27.4. The molecule has 0 atom stereocenters. The van der Waals surface area contributed by atoms with Crippen molar-refractivity contribution in [1.82, 2.24) is 4.57 Å². The maximum Gasteiger partial charge on any atom is 0.416 e. The quantitative estimate of drug-likeness (QED) is 0.174. The number of benzene rings is 4. The van der Waals surface area contributed by atoms with Crippen molar-refractivity contribution in [3.8, 4) is 17.3 Å². The average molecular weight is 560 g/mol. The van der Waals surface area contributed by atoms with Gasteiger partial charge in [0.2, 0.25) is 5.88 Å². The van der Waals surface area contributed by atoms with Crippen molar-refractivity contribution in [3.05, 3.63) is 113 Å². The molecule has 208 valence electrons. The highest BCUT2D eigenvalue weighted by Crippen LogP contribution is 2.44. The molecule has 0 spiro atoms. The molecule has 0 saturated heterocycles. The van der Waals surface area contributed by atoms with Crippen LogP contribution in [0.3, 0.4) is 0 Å². The van der Waals surface area contributed by atoms with Crippen LogP contribution in [0.2, 0.25) is 0 Å². The Hall–Kier alpha value is -5.12. The molecule has 0 amide bonds. The van der Waals surface area contributed by atoms with Gasteiger partial charge in [0.25, 0.3) is 0 Å². The lowest BCUT2D eigenvalue weighted by atomic mass is 10.00. The fourth-order valence-electron chi connectivity index (χ4n) is 4.70. The minimum atomic E-state index is -4.66. The second-order valence-electron chi connectivity index (χ2n) is 9.50. The number of aryl methyl sites for hydroxylation is 3. The molecule has 0 fully saturated rings. The second-order valence-corrected chi connectivity index (χ2v) is 9.50. The number of para-hydroxylation sites is 1. The maximum atomic E-state index is 13.6. The first-order chi connectivity index (χ1) is 19.5. The van der Waals surface area contributed by atoms with E-state index in [2.05, 4.69) is 10.2 Å². The predicted octanol–water partition coefficient (Wildman–Crippen LogP) is 8.27. The molecule has 0 aliphatic carbocycles. The largest absolute Gasteiger partial charge is 0.505 e. The molecule has 41 heavy (non-hydrogen) atoms. The predicted molar refractivity (Wildman–Crippen MR) is 148 cm³/mol. The van der Waals surface area contributed by atoms with Gasteiger partial charge in [-0.15, -0.1) is 10.2 Å². The Morgan fingerprint density at radius 2 is 1.56 bits per heavy atom. The maximum absolute atomic E-state index is 13.6. The number of aromatic hydroxyl groups is 2. The Kier molecular flexibility index (Phi) is 7.23. The third-order valence-corrected chi connectivity index (χ3v) is 6.88. The van der Waals surface area contributed by atoms with Gasteiger partial charge in [0.05, 0.1) is 16.6 Å². The monoisotopic (exact) mass is 559 g/mol. The number of carboxylic acids is 1. The van der Waals surface area contributed by atoms with Gasteiger partial charge in [-0.05, 0) is 78.9 Å². The van der Waals surface area contributed by atoms with Crippen LogP contribution < -0.4 is 0 Å². The molecule has 7 nitrogen and oxygen atoms in total. The highest BCUT2D eigenvalue weighted by atomic mass is 19.4. The highest BCUT2D eigenvalue weighted by Gasteiger charge is 2.32. The normalized spacial score (nSPS) is 11.9. The van der Waals surface area contributed by atoms with Gasteiger partial charge in [-0.3, -0.25) is 4.57 Å². The SMILES string of the molecule is Cc1ccccc1CCc1cccc(N=Nc2c(O)n(-c3cccc(C(=O)O)c3)c3cc(C(F)(F)F)ccc23)c1O. The van der Waals surface area contributed by atoms with Gasteiger partial charge < -0.3 is 15.3 Å². The van der Waals surface area contributed by atoms with E-state index in [1.165, 1.54) is 36.4 Å². The first-order valence-corrected chi connectivity index (χ1v) is 12.6. The van der Waals surface area contributed by atoms with Crippen molar-refractivity contribution < 1.29 is 33.3 Å². The molecule has 5 aromatic rings. The summed E-state index contributed by atoms with van der Waals surface area (Å²) in [4.78, 5) is 11.5. The zero-order chi connectivity index (χ0) is 29.3. The molecule has 0 radical (unpaired) electrons. The van der Waals surface area contributed by atoms with Crippen molar-refractivity contribution in [2.45, 2.75) is 25.9 Å².